The van der Waals surface area contributed by atoms with Gasteiger partial charge in [-0.2, -0.15) is 4.98 Å². The van der Waals surface area contributed by atoms with E-state index in [9.17, 15) is 0 Å². The molecule has 2 fully saturated rings. The van der Waals surface area contributed by atoms with Crippen molar-refractivity contribution in [3.05, 3.63) is 11.9 Å². The van der Waals surface area contributed by atoms with E-state index in [-0.39, 0.29) is 0 Å². The molecule has 3 heterocycles. The fourth-order valence-electron chi connectivity index (χ4n) is 3.25. The third-order valence-corrected chi connectivity index (χ3v) is 4.70. The van der Waals surface area contributed by atoms with Gasteiger partial charge in [0.05, 0.1) is 7.11 Å². The topological polar surface area (TPSA) is 38.2 Å². The summed E-state index contributed by atoms with van der Waals surface area (Å²) >= 11 is 3.77. The van der Waals surface area contributed by atoms with E-state index in [0.29, 0.717) is 22.8 Å². The highest BCUT2D eigenvalue weighted by Crippen LogP contribution is 2.41. The first kappa shape index (κ1) is 12.2. The molecule has 0 N–H and O–H groups in total. The first-order valence-electron chi connectivity index (χ1n) is 6.49. The maximum absolute atomic E-state index is 5.25. The van der Waals surface area contributed by atoms with Crippen LogP contribution < -0.4 is 9.64 Å². The van der Waals surface area contributed by atoms with E-state index in [2.05, 4.69) is 30.8 Å². The summed E-state index contributed by atoms with van der Waals surface area (Å²) in [6, 6.07) is 3.20. The van der Waals surface area contributed by atoms with Gasteiger partial charge in [0.25, 0.3) is 0 Å². The molecule has 4 nitrogen and oxygen atoms in total. The Morgan fingerprint density at radius 1 is 1.28 bits per heavy atom. The molecule has 0 spiro atoms. The lowest BCUT2D eigenvalue weighted by Gasteiger charge is -2.38. The molecule has 2 unspecified atom stereocenters. The molecule has 0 aromatic carbocycles. The number of nitrogens with zero attached hydrogens (tertiary/aromatic N) is 3. The Bertz CT molecular complexity index is 440. The monoisotopic (exact) mass is 311 g/mol. The molecule has 2 aliphatic heterocycles. The zero-order valence-corrected chi connectivity index (χ0v) is 12.4. The van der Waals surface area contributed by atoms with Crippen LogP contribution in [0.5, 0.6) is 5.88 Å². The second-order valence-electron chi connectivity index (χ2n) is 5.18. The van der Waals surface area contributed by atoms with Crippen molar-refractivity contribution >= 4 is 21.7 Å². The lowest BCUT2D eigenvalue weighted by atomic mass is 10.0. The Morgan fingerprint density at radius 3 is 2.56 bits per heavy atom. The molecule has 0 aliphatic carbocycles. The van der Waals surface area contributed by atoms with Gasteiger partial charge in [-0.15, -0.1) is 0 Å². The number of hydrogen-bond donors (Lipinski definition) is 0. The second-order valence-corrected chi connectivity index (χ2v) is 6.47. The van der Waals surface area contributed by atoms with Gasteiger partial charge in [-0.1, -0.05) is 15.9 Å². The predicted octanol–water partition coefficient (Wildman–Crippen LogP) is 2.69. The first-order valence-corrected chi connectivity index (χ1v) is 7.41. The molecule has 2 aliphatic rings. The normalized spacial score (nSPS) is 30.6. The maximum Gasteiger partial charge on any atom is 0.218 e. The molecule has 1 aromatic heterocycles. The number of anilines is 1. The van der Waals surface area contributed by atoms with Gasteiger partial charge in [-0.3, -0.25) is 0 Å². The van der Waals surface area contributed by atoms with Crippen molar-refractivity contribution in [1.82, 2.24) is 9.97 Å². The molecule has 0 saturated carbocycles. The molecular formula is C13H18BrN3O. The van der Waals surface area contributed by atoms with Crippen LogP contribution in [0.3, 0.4) is 0 Å². The zero-order chi connectivity index (χ0) is 12.7. The van der Waals surface area contributed by atoms with E-state index in [1.54, 1.807) is 7.11 Å². The molecule has 1 aromatic rings. The Morgan fingerprint density at radius 2 is 1.94 bits per heavy atom. The number of fused-ring (bicyclic) bond motifs is 2. The van der Waals surface area contributed by atoms with Crippen LogP contribution in [0.1, 0.15) is 31.5 Å². The van der Waals surface area contributed by atoms with Gasteiger partial charge in [-0.25, -0.2) is 4.98 Å². The molecular weight excluding hydrogens is 294 g/mol. The SMILES string of the molecule is COc1cc(N2C3CCC2CC(Br)C3)nc(C)n1. The fraction of sp³-hybridized carbons (Fsp3) is 0.692. The first-order chi connectivity index (χ1) is 8.67. The Kier molecular flexibility index (Phi) is 3.18. The predicted molar refractivity (Wildman–Crippen MR) is 74.6 cm³/mol. The van der Waals surface area contributed by atoms with Crippen molar-refractivity contribution in [2.75, 3.05) is 12.0 Å². The van der Waals surface area contributed by atoms with Crippen molar-refractivity contribution < 1.29 is 4.74 Å². The average molecular weight is 312 g/mol. The van der Waals surface area contributed by atoms with E-state index in [0.717, 1.165) is 11.6 Å². The molecule has 2 atom stereocenters. The van der Waals surface area contributed by atoms with Crippen molar-refractivity contribution in [2.24, 2.45) is 0 Å². The van der Waals surface area contributed by atoms with Gasteiger partial charge in [-0.05, 0) is 32.6 Å². The lowest BCUT2D eigenvalue weighted by Crippen LogP contribution is -2.43. The van der Waals surface area contributed by atoms with E-state index < -0.39 is 0 Å². The summed E-state index contributed by atoms with van der Waals surface area (Å²) in [6.07, 6.45) is 4.97. The summed E-state index contributed by atoms with van der Waals surface area (Å²) in [7, 11) is 1.66. The summed E-state index contributed by atoms with van der Waals surface area (Å²) in [5.74, 6) is 2.48. The number of aryl methyl sites for hydroxylation is 1. The quantitative estimate of drug-likeness (QED) is 0.787. The number of hydrogen-bond acceptors (Lipinski definition) is 4. The van der Waals surface area contributed by atoms with Crippen molar-refractivity contribution in [3.8, 4) is 5.88 Å². The fourth-order valence-corrected chi connectivity index (χ4v) is 4.11. The van der Waals surface area contributed by atoms with E-state index in [1.165, 1.54) is 25.7 Å². The van der Waals surface area contributed by atoms with Gasteiger partial charge in [0, 0.05) is 23.0 Å². The largest absolute Gasteiger partial charge is 0.481 e. The van der Waals surface area contributed by atoms with Gasteiger partial charge < -0.3 is 9.64 Å². The Balaban J connectivity index is 1.93. The number of ether oxygens (including phenoxy) is 1. The van der Waals surface area contributed by atoms with Gasteiger partial charge in [0.2, 0.25) is 5.88 Å². The van der Waals surface area contributed by atoms with E-state index >= 15 is 0 Å². The van der Waals surface area contributed by atoms with Crippen LogP contribution in [-0.4, -0.2) is 34.0 Å². The Labute approximate surface area is 116 Å². The summed E-state index contributed by atoms with van der Waals surface area (Å²) in [5.41, 5.74) is 0. The summed E-state index contributed by atoms with van der Waals surface area (Å²) in [4.78, 5) is 12.0. The molecule has 98 valence electrons. The summed E-state index contributed by atoms with van der Waals surface area (Å²) in [6.45, 7) is 1.92. The minimum Gasteiger partial charge on any atom is -0.481 e. The van der Waals surface area contributed by atoms with Crippen molar-refractivity contribution in [1.29, 1.82) is 0 Å². The number of halogens is 1. The number of aromatic nitrogens is 2. The molecule has 2 bridgehead atoms. The maximum atomic E-state index is 5.25. The smallest absolute Gasteiger partial charge is 0.218 e. The zero-order valence-electron chi connectivity index (χ0n) is 10.8. The molecule has 3 rings (SSSR count). The van der Waals surface area contributed by atoms with Crippen LogP contribution in [-0.2, 0) is 0 Å². The minimum atomic E-state index is 0.618. The van der Waals surface area contributed by atoms with Gasteiger partial charge in [0.15, 0.2) is 0 Å². The molecule has 0 radical (unpaired) electrons. The van der Waals surface area contributed by atoms with Gasteiger partial charge >= 0.3 is 0 Å². The Hall–Kier alpha value is -0.840. The lowest BCUT2D eigenvalue weighted by molar-refractivity contribution is 0.394. The van der Waals surface area contributed by atoms with Crippen LogP contribution in [0.25, 0.3) is 0 Å². The number of rotatable bonds is 2. The molecule has 5 heteroatoms. The van der Waals surface area contributed by atoms with Gasteiger partial charge in [0.1, 0.15) is 11.6 Å². The highest BCUT2D eigenvalue weighted by Gasteiger charge is 2.40. The van der Waals surface area contributed by atoms with Crippen molar-refractivity contribution in [3.63, 3.8) is 0 Å². The summed E-state index contributed by atoms with van der Waals surface area (Å²) in [5, 5.41) is 0. The number of methoxy groups -OCH3 is 1. The molecule has 2 saturated heterocycles. The van der Waals surface area contributed by atoms with Crippen LogP contribution in [0.4, 0.5) is 5.82 Å². The minimum absolute atomic E-state index is 0.618. The van der Waals surface area contributed by atoms with E-state index in [4.69, 9.17) is 4.74 Å². The third kappa shape index (κ3) is 2.09. The van der Waals surface area contributed by atoms with Crippen molar-refractivity contribution in [2.45, 2.75) is 49.5 Å². The molecule has 18 heavy (non-hydrogen) atoms. The average Bonchev–Trinajstić information content (AvgIpc) is 2.61. The van der Waals surface area contributed by atoms with Crippen LogP contribution in [0.15, 0.2) is 6.07 Å². The second kappa shape index (κ2) is 4.68. The van der Waals surface area contributed by atoms with Crippen LogP contribution >= 0.6 is 15.9 Å². The number of piperidine rings is 1. The van der Waals surface area contributed by atoms with Crippen LogP contribution in [0, 0.1) is 6.92 Å². The van der Waals surface area contributed by atoms with E-state index in [1.807, 2.05) is 13.0 Å². The van der Waals surface area contributed by atoms with Crippen LogP contribution in [0.2, 0.25) is 0 Å². The standard InChI is InChI=1S/C13H18BrN3O/c1-8-15-12(7-13(16-8)18-2)17-10-3-4-11(17)6-9(14)5-10/h7,9-11H,3-6H2,1-2H3. The number of alkyl halides is 1. The highest BCUT2D eigenvalue weighted by molar-refractivity contribution is 9.09. The third-order valence-electron chi connectivity index (χ3n) is 3.95. The summed E-state index contributed by atoms with van der Waals surface area (Å²) < 4.78 is 5.25. The molecule has 0 amide bonds. The highest BCUT2D eigenvalue weighted by atomic mass is 79.9.